The summed E-state index contributed by atoms with van der Waals surface area (Å²) in [6.45, 7) is 0. The van der Waals surface area contributed by atoms with E-state index in [1.807, 2.05) is 0 Å². The number of pyridine rings is 1. The van der Waals surface area contributed by atoms with Crippen molar-refractivity contribution in [3.63, 3.8) is 0 Å². The van der Waals surface area contributed by atoms with Gasteiger partial charge in [0.2, 0.25) is 5.88 Å². The molecule has 3 rings (SSSR count). The number of H-pyrrole nitrogens is 2. The third kappa shape index (κ3) is 3.73. The Morgan fingerprint density at radius 2 is 1.77 bits per heavy atom. The summed E-state index contributed by atoms with van der Waals surface area (Å²) >= 11 is 4.83. The molecule has 0 unspecified atom stereocenters. The van der Waals surface area contributed by atoms with Crippen molar-refractivity contribution < 1.29 is 9.90 Å². The summed E-state index contributed by atoms with van der Waals surface area (Å²) in [5.41, 5.74) is 2.56. The van der Waals surface area contributed by atoms with Crippen LogP contribution in [0.25, 0.3) is 0 Å². The Hall–Kier alpha value is -3.59. The van der Waals surface area contributed by atoms with E-state index in [-0.39, 0.29) is 16.0 Å². The summed E-state index contributed by atoms with van der Waals surface area (Å²) in [7, 11) is 0. The van der Waals surface area contributed by atoms with Crippen LogP contribution >= 0.6 is 12.2 Å². The average molecular weight is 367 g/mol. The van der Waals surface area contributed by atoms with E-state index in [0.29, 0.717) is 11.1 Å². The van der Waals surface area contributed by atoms with Crippen molar-refractivity contribution in [2.75, 3.05) is 0 Å². The molecule has 2 heterocycles. The maximum atomic E-state index is 12.3. The second-order valence-electron chi connectivity index (χ2n) is 5.14. The molecule has 0 aliphatic carbocycles. The van der Waals surface area contributed by atoms with Gasteiger partial charge in [-0.25, -0.2) is 5.43 Å². The van der Waals surface area contributed by atoms with Crippen LogP contribution in [-0.4, -0.2) is 31.7 Å². The van der Waals surface area contributed by atoms with Gasteiger partial charge in [-0.15, -0.1) is 0 Å². The fourth-order valence-electron chi connectivity index (χ4n) is 2.23. The third-order valence-electron chi connectivity index (χ3n) is 3.42. The molecular weight excluding hydrogens is 354 g/mol. The molecule has 0 spiro atoms. The molecular formula is C17H13N5O3S. The van der Waals surface area contributed by atoms with Crippen LogP contribution in [0.2, 0.25) is 0 Å². The molecule has 2 aromatic heterocycles. The molecule has 0 bridgehead atoms. The minimum atomic E-state index is -0.632. The Kier molecular flexibility index (Phi) is 4.99. The lowest BCUT2D eigenvalue weighted by atomic mass is 10.0. The van der Waals surface area contributed by atoms with Crippen LogP contribution in [0.4, 0.5) is 0 Å². The van der Waals surface area contributed by atoms with Crippen LogP contribution in [-0.2, 0) is 0 Å². The number of amides is 1. The SMILES string of the molecule is O=C(N/N=C(/c1ccccc1)c1c(O)[nH]c(=S)[nH]c1=O)c1ccncc1. The van der Waals surface area contributed by atoms with Crippen LogP contribution in [0.5, 0.6) is 5.88 Å². The van der Waals surface area contributed by atoms with E-state index >= 15 is 0 Å². The highest BCUT2D eigenvalue weighted by Gasteiger charge is 2.18. The number of aromatic nitrogens is 3. The van der Waals surface area contributed by atoms with Gasteiger partial charge in [-0.1, -0.05) is 30.3 Å². The van der Waals surface area contributed by atoms with Gasteiger partial charge >= 0.3 is 0 Å². The number of aromatic hydroxyl groups is 1. The summed E-state index contributed by atoms with van der Waals surface area (Å²) in [6.07, 6.45) is 2.95. The lowest BCUT2D eigenvalue weighted by Crippen LogP contribution is -2.25. The van der Waals surface area contributed by atoms with Crippen molar-refractivity contribution in [3.8, 4) is 5.88 Å². The topological polar surface area (TPSA) is 123 Å². The summed E-state index contributed by atoms with van der Waals surface area (Å²) < 4.78 is -0.0236. The van der Waals surface area contributed by atoms with Crippen LogP contribution in [0, 0.1) is 4.77 Å². The zero-order valence-electron chi connectivity index (χ0n) is 13.3. The van der Waals surface area contributed by atoms with Gasteiger partial charge in [-0.05, 0) is 24.4 Å². The minimum absolute atomic E-state index is 0.0236. The summed E-state index contributed by atoms with van der Waals surface area (Å²) in [5.74, 6) is -0.930. The highest BCUT2D eigenvalue weighted by molar-refractivity contribution is 7.71. The molecule has 8 nitrogen and oxygen atoms in total. The van der Waals surface area contributed by atoms with Gasteiger partial charge in [0.15, 0.2) is 4.77 Å². The van der Waals surface area contributed by atoms with Crippen LogP contribution < -0.4 is 11.0 Å². The van der Waals surface area contributed by atoms with E-state index in [4.69, 9.17) is 12.2 Å². The summed E-state index contributed by atoms with van der Waals surface area (Å²) in [6, 6.07) is 11.7. The van der Waals surface area contributed by atoms with Crippen molar-refractivity contribution >= 4 is 23.8 Å². The first kappa shape index (κ1) is 17.2. The van der Waals surface area contributed by atoms with Gasteiger partial charge in [0, 0.05) is 23.5 Å². The standard InChI is InChI=1S/C17H13N5O3S/c23-14(11-6-8-18-9-7-11)22-21-13(10-4-2-1-3-5-10)12-15(24)19-17(26)20-16(12)25/h1-9H,(H,22,23)(H3,19,20,24,25,26)/b21-13-. The second-order valence-corrected chi connectivity index (χ2v) is 5.54. The first-order valence-electron chi connectivity index (χ1n) is 7.45. The summed E-state index contributed by atoms with van der Waals surface area (Å²) in [5, 5.41) is 14.2. The van der Waals surface area contributed by atoms with Crippen molar-refractivity contribution in [1.82, 2.24) is 20.4 Å². The van der Waals surface area contributed by atoms with E-state index < -0.39 is 17.3 Å². The van der Waals surface area contributed by atoms with Crippen LogP contribution in [0.15, 0.2) is 64.8 Å². The number of nitrogens with one attached hydrogen (secondary N) is 3. The Bertz CT molecular complexity index is 1070. The first-order chi connectivity index (χ1) is 12.6. The number of nitrogens with zero attached hydrogens (tertiary/aromatic N) is 2. The smallest absolute Gasteiger partial charge is 0.271 e. The number of benzene rings is 1. The molecule has 130 valence electrons. The fraction of sp³-hybridized carbons (Fsp3) is 0. The normalized spacial score (nSPS) is 11.2. The second kappa shape index (κ2) is 7.53. The Labute approximate surface area is 152 Å². The van der Waals surface area contributed by atoms with Gasteiger partial charge < -0.3 is 10.1 Å². The zero-order chi connectivity index (χ0) is 18.5. The molecule has 26 heavy (non-hydrogen) atoms. The highest BCUT2D eigenvalue weighted by Crippen LogP contribution is 2.14. The van der Waals surface area contributed by atoms with E-state index in [9.17, 15) is 14.7 Å². The molecule has 4 N–H and O–H groups in total. The van der Waals surface area contributed by atoms with Crippen molar-refractivity contribution in [3.05, 3.63) is 86.7 Å². The molecule has 0 atom stereocenters. The van der Waals surface area contributed by atoms with Gasteiger partial charge in [-0.2, -0.15) is 5.10 Å². The largest absolute Gasteiger partial charge is 0.494 e. The molecule has 0 saturated heterocycles. The Balaban J connectivity index is 2.07. The molecule has 0 aliphatic rings. The number of carbonyl (C=O) groups excluding carboxylic acids is 1. The highest BCUT2D eigenvalue weighted by atomic mass is 32.1. The predicted octanol–water partition coefficient (Wildman–Crippen LogP) is 1.72. The maximum Gasteiger partial charge on any atom is 0.271 e. The predicted molar refractivity (Wildman–Crippen MR) is 97.7 cm³/mol. The number of aromatic amines is 2. The van der Waals surface area contributed by atoms with E-state index in [0.717, 1.165) is 0 Å². The van der Waals surface area contributed by atoms with Crippen LogP contribution in [0.1, 0.15) is 21.5 Å². The molecule has 9 heteroatoms. The molecule has 0 saturated carbocycles. The van der Waals surface area contributed by atoms with Crippen molar-refractivity contribution in [2.45, 2.75) is 0 Å². The molecule has 0 aliphatic heterocycles. The first-order valence-corrected chi connectivity index (χ1v) is 7.86. The Morgan fingerprint density at radius 1 is 1.08 bits per heavy atom. The lowest BCUT2D eigenvalue weighted by Gasteiger charge is -2.08. The average Bonchev–Trinajstić information content (AvgIpc) is 2.65. The number of hydrogen-bond acceptors (Lipinski definition) is 6. The van der Waals surface area contributed by atoms with Gasteiger partial charge in [-0.3, -0.25) is 19.6 Å². The van der Waals surface area contributed by atoms with Crippen molar-refractivity contribution in [2.24, 2.45) is 5.10 Å². The van der Waals surface area contributed by atoms with Crippen LogP contribution in [0.3, 0.4) is 0 Å². The van der Waals surface area contributed by atoms with Gasteiger partial charge in [0.1, 0.15) is 11.3 Å². The van der Waals surface area contributed by atoms with E-state index in [1.165, 1.54) is 24.5 Å². The molecule has 1 aromatic carbocycles. The molecule has 0 radical (unpaired) electrons. The van der Waals surface area contributed by atoms with E-state index in [1.54, 1.807) is 30.3 Å². The molecule has 3 aromatic rings. The van der Waals surface area contributed by atoms with Gasteiger partial charge in [0.05, 0.1) is 0 Å². The number of hydrogen-bond donors (Lipinski definition) is 4. The van der Waals surface area contributed by atoms with E-state index in [2.05, 4.69) is 25.5 Å². The quantitative estimate of drug-likeness (QED) is 0.318. The van der Waals surface area contributed by atoms with Gasteiger partial charge in [0.25, 0.3) is 11.5 Å². The monoisotopic (exact) mass is 367 g/mol. The molecule has 1 amide bonds. The maximum absolute atomic E-state index is 12.3. The fourth-order valence-corrected chi connectivity index (χ4v) is 2.42. The number of carbonyl (C=O) groups is 1. The lowest BCUT2D eigenvalue weighted by molar-refractivity contribution is 0.0954. The number of rotatable bonds is 4. The molecule has 0 fully saturated rings. The summed E-state index contributed by atoms with van der Waals surface area (Å²) in [4.78, 5) is 33.2. The zero-order valence-corrected chi connectivity index (χ0v) is 14.1. The number of hydrazone groups is 1. The minimum Gasteiger partial charge on any atom is -0.494 e. The Morgan fingerprint density at radius 3 is 2.42 bits per heavy atom. The third-order valence-corrected chi connectivity index (χ3v) is 3.62. The van der Waals surface area contributed by atoms with Crippen molar-refractivity contribution in [1.29, 1.82) is 0 Å².